The molecule has 0 bridgehead atoms. The highest BCUT2D eigenvalue weighted by molar-refractivity contribution is 7.91. The Kier molecular flexibility index (Phi) is 7.16. The number of benzene rings is 2. The fraction of sp³-hybridized carbons (Fsp3) is 0.381. The summed E-state index contributed by atoms with van der Waals surface area (Å²) in [5.74, 6) is 0.754. The zero-order valence-electron chi connectivity index (χ0n) is 16.7. The van der Waals surface area contributed by atoms with Gasteiger partial charge in [0.1, 0.15) is 11.5 Å². The Morgan fingerprint density at radius 1 is 1.20 bits per heavy atom. The number of halogens is 2. The van der Waals surface area contributed by atoms with Gasteiger partial charge in [-0.2, -0.15) is 0 Å². The summed E-state index contributed by atoms with van der Waals surface area (Å²) in [7, 11) is -1.58. The first kappa shape index (κ1) is 22.7. The first-order chi connectivity index (χ1) is 14.2. The van der Waals surface area contributed by atoms with Crippen LogP contribution in [0.2, 0.25) is 10.0 Å². The van der Waals surface area contributed by atoms with Crippen molar-refractivity contribution in [2.24, 2.45) is 0 Å². The van der Waals surface area contributed by atoms with Gasteiger partial charge in [0.15, 0.2) is 15.9 Å². The van der Waals surface area contributed by atoms with Crippen LogP contribution in [0.25, 0.3) is 0 Å². The van der Waals surface area contributed by atoms with Crippen molar-refractivity contribution in [3.05, 3.63) is 58.1 Å². The lowest BCUT2D eigenvalue weighted by molar-refractivity contribution is -0.140. The van der Waals surface area contributed by atoms with Gasteiger partial charge in [-0.1, -0.05) is 35.3 Å². The van der Waals surface area contributed by atoms with Gasteiger partial charge in [0.25, 0.3) is 5.91 Å². The monoisotopic (exact) mass is 471 g/mol. The lowest BCUT2D eigenvalue weighted by Crippen LogP contribution is -2.46. The van der Waals surface area contributed by atoms with Crippen LogP contribution in [0.3, 0.4) is 0 Å². The van der Waals surface area contributed by atoms with Crippen molar-refractivity contribution in [2.45, 2.75) is 32.0 Å². The van der Waals surface area contributed by atoms with Crippen LogP contribution in [0.15, 0.2) is 42.5 Å². The molecule has 1 aliphatic rings. The number of hydrogen-bond acceptors (Lipinski definition) is 5. The molecule has 1 saturated heterocycles. The number of rotatable bonds is 7. The molecule has 0 spiro atoms. The normalized spacial score (nSPS) is 18.6. The van der Waals surface area contributed by atoms with Gasteiger partial charge in [-0.25, -0.2) is 8.42 Å². The largest absolute Gasteiger partial charge is 0.497 e. The molecule has 0 N–H and O–H groups in total. The first-order valence-electron chi connectivity index (χ1n) is 9.44. The van der Waals surface area contributed by atoms with Crippen LogP contribution in [-0.2, 0) is 21.2 Å². The van der Waals surface area contributed by atoms with Gasteiger partial charge >= 0.3 is 0 Å². The van der Waals surface area contributed by atoms with Crippen molar-refractivity contribution in [3.63, 3.8) is 0 Å². The summed E-state index contributed by atoms with van der Waals surface area (Å²) in [5.41, 5.74) is 0.866. The predicted octanol–water partition coefficient (Wildman–Crippen LogP) is 3.99. The maximum atomic E-state index is 13.3. The third kappa shape index (κ3) is 5.59. The summed E-state index contributed by atoms with van der Waals surface area (Å²) < 4.78 is 35.0. The minimum absolute atomic E-state index is 0.0523. The van der Waals surface area contributed by atoms with E-state index in [1.165, 1.54) is 6.07 Å². The van der Waals surface area contributed by atoms with Crippen LogP contribution in [0.4, 0.5) is 0 Å². The third-order valence-electron chi connectivity index (χ3n) is 4.99. The number of carbonyl (C=O) groups excluding carboxylic acids is 1. The van der Waals surface area contributed by atoms with Crippen molar-refractivity contribution in [2.75, 3.05) is 18.6 Å². The molecular formula is C21H23Cl2NO5S. The molecular weight excluding hydrogens is 449 g/mol. The van der Waals surface area contributed by atoms with Gasteiger partial charge in [0.2, 0.25) is 0 Å². The van der Waals surface area contributed by atoms with E-state index in [2.05, 4.69) is 0 Å². The molecule has 3 rings (SSSR count). The molecule has 1 heterocycles. The Labute approximate surface area is 186 Å². The number of nitrogens with zero attached hydrogens (tertiary/aromatic N) is 1. The summed E-state index contributed by atoms with van der Waals surface area (Å²) in [4.78, 5) is 14.8. The third-order valence-corrected chi connectivity index (χ3v) is 7.27. The standard InChI is InChI=1S/C21H23Cl2NO5S/c1-14(29-20-8-5-16(22)11-19(20)23)21(25)24(17-9-10-30(26,27)13-17)12-15-3-6-18(28-2)7-4-15/h3-8,11,14,17H,9-10,12-13H2,1-2H3. The quantitative estimate of drug-likeness (QED) is 0.610. The second-order valence-electron chi connectivity index (χ2n) is 7.21. The molecule has 1 amide bonds. The molecule has 1 aliphatic heterocycles. The van der Waals surface area contributed by atoms with Crippen molar-refractivity contribution in [1.82, 2.24) is 4.90 Å². The van der Waals surface area contributed by atoms with Crippen LogP contribution >= 0.6 is 23.2 Å². The van der Waals surface area contributed by atoms with Crippen molar-refractivity contribution < 1.29 is 22.7 Å². The molecule has 162 valence electrons. The average molecular weight is 472 g/mol. The fourth-order valence-corrected chi connectivity index (χ4v) is 5.56. The molecule has 0 saturated carbocycles. The summed E-state index contributed by atoms with van der Waals surface area (Å²) >= 11 is 12.1. The first-order valence-corrected chi connectivity index (χ1v) is 12.0. The molecule has 2 aromatic rings. The second-order valence-corrected chi connectivity index (χ2v) is 10.3. The van der Waals surface area contributed by atoms with Crippen LogP contribution < -0.4 is 9.47 Å². The van der Waals surface area contributed by atoms with Crippen LogP contribution in [0.5, 0.6) is 11.5 Å². The van der Waals surface area contributed by atoms with Gasteiger partial charge in [0, 0.05) is 17.6 Å². The van der Waals surface area contributed by atoms with Gasteiger partial charge in [-0.3, -0.25) is 4.79 Å². The van der Waals surface area contributed by atoms with Gasteiger partial charge < -0.3 is 14.4 Å². The maximum absolute atomic E-state index is 13.3. The van der Waals surface area contributed by atoms with Crippen molar-refractivity contribution in [3.8, 4) is 11.5 Å². The number of methoxy groups -OCH3 is 1. The van der Waals surface area contributed by atoms with Crippen molar-refractivity contribution >= 4 is 38.9 Å². The summed E-state index contributed by atoms with van der Waals surface area (Å²) in [6.45, 7) is 1.89. The fourth-order valence-electron chi connectivity index (χ4n) is 3.38. The van der Waals surface area contributed by atoms with Gasteiger partial charge in [0.05, 0.1) is 23.6 Å². The highest BCUT2D eigenvalue weighted by atomic mass is 35.5. The summed E-state index contributed by atoms with van der Waals surface area (Å²) in [6.07, 6.45) is -0.455. The van der Waals surface area contributed by atoms with E-state index in [4.69, 9.17) is 32.7 Å². The molecule has 2 unspecified atom stereocenters. The molecule has 1 fully saturated rings. The number of ether oxygens (including phenoxy) is 2. The van der Waals surface area contributed by atoms with E-state index < -0.39 is 22.0 Å². The van der Waals surface area contributed by atoms with E-state index in [0.717, 1.165) is 5.56 Å². The van der Waals surface area contributed by atoms with E-state index >= 15 is 0 Å². The van der Waals surface area contributed by atoms with E-state index in [-0.39, 0.29) is 24.0 Å². The molecule has 0 radical (unpaired) electrons. The molecule has 0 aromatic heterocycles. The molecule has 9 heteroatoms. The zero-order valence-corrected chi connectivity index (χ0v) is 19.0. The molecule has 2 aromatic carbocycles. The molecule has 30 heavy (non-hydrogen) atoms. The smallest absolute Gasteiger partial charge is 0.263 e. The Bertz CT molecular complexity index is 1010. The second kappa shape index (κ2) is 9.45. The topological polar surface area (TPSA) is 72.9 Å². The Hall–Kier alpha value is -1.96. The highest BCUT2D eigenvalue weighted by Gasteiger charge is 2.36. The number of sulfone groups is 1. The maximum Gasteiger partial charge on any atom is 0.263 e. The lowest BCUT2D eigenvalue weighted by Gasteiger charge is -2.31. The number of amides is 1. The SMILES string of the molecule is COc1ccc(CN(C(=O)C(C)Oc2ccc(Cl)cc2Cl)C2CCS(=O)(=O)C2)cc1. The average Bonchev–Trinajstić information content (AvgIpc) is 3.07. The zero-order chi connectivity index (χ0) is 21.9. The Morgan fingerprint density at radius 3 is 2.47 bits per heavy atom. The molecule has 2 atom stereocenters. The Morgan fingerprint density at radius 2 is 1.90 bits per heavy atom. The lowest BCUT2D eigenvalue weighted by atomic mass is 10.1. The summed E-state index contributed by atoms with van der Waals surface area (Å²) in [5, 5.41) is 0.760. The van der Waals surface area contributed by atoms with E-state index in [1.54, 1.807) is 43.2 Å². The predicted molar refractivity (Wildman–Crippen MR) is 117 cm³/mol. The van der Waals surface area contributed by atoms with Gasteiger partial charge in [-0.05, 0) is 49.2 Å². The van der Waals surface area contributed by atoms with Crippen LogP contribution in [0, 0.1) is 0 Å². The van der Waals surface area contributed by atoms with Crippen molar-refractivity contribution in [1.29, 1.82) is 0 Å². The molecule has 0 aliphatic carbocycles. The summed E-state index contributed by atoms with van der Waals surface area (Å²) in [6, 6.07) is 11.7. The number of hydrogen-bond donors (Lipinski definition) is 0. The number of carbonyl (C=O) groups is 1. The van der Waals surface area contributed by atoms with Crippen LogP contribution in [0.1, 0.15) is 18.9 Å². The van der Waals surface area contributed by atoms with E-state index in [9.17, 15) is 13.2 Å². The van der Waals surface area contributed by atoms with Crippen LogP contribution in [-0.4, -0.2) is 50.0 Å². The Balaban J connectivity index is 1.81. The minimum atomic E-state index is -3.16. The van der Waals surface area contributed by atoms with E-state index in [0.29, 0.717) is 28.0 Å². The van der Waals surface area contributed by atoms with Gasteiger partial charge in [-0.15, -0.1) is 0 Å². The minimum Gasteiger partial charge on any atom is -0.497 e. The van der Waals surface area contributed by atoms with E-state index in [1.807, 2.05) is 12.1 Å². The molecule has 6 nitrogen and oxygen atoms in total. The highest BCUT2D eigenvalue weighted by Crippen LogP contribution is 2.29.